The van der Waals surface area contributed by atoms with Crippen LogP contribution < -0.4 is 4.74 Å². The Morgan fingerprint density at radius 2 is 1.94 bits per heavy atom. The van der Waals surface area contributed by atoms with E-state index in [2.05, 4.69) is 12.0 Å². The molecule has 1 aromatic heterocycles. The Bertz CT molecular complexity index is 459. The van der Waals surface area contributed by atoms with E-state index >= 15 is 0 Å². The van der Waals surface area contributed by atoms with E-state index in [0.29, 0.717) is 0 Å². The van der Waals surface area contributed by atoms with Crippen molar-refractivity contribution < 1.29 is 4.74 Å². The quantitative estimate of drug-likeness (QED) is 0.737. The molecule has 0 atom stereocenters. The van der Waals surface area contributed by atoms with E-state index in [9.17, 15) is 0 Å². The number of hydrogen-bond donors (Lipinski definition) is 0. The van der Waals surface area contributed by atoms with Gasteiger partial charge in [0, 0.05) is 18.8 Å². The third kappa shape index (κ3) is 3.09. The molecule has 0 radical (unpaired) electrons. The smallest absolute Gasteiger partial charge is 0.119 e. The van der Waals surface area contributed by atoms with Gasteiger partial charge in [0.25, 0.3) is 0 Å². The van der Waals surface area contributed by atoms with Crippen molar-refractivity contribution in [1.29, 1.82) is 0 Å². The molecule has 0 saturated carbocycles. The normalized spacial score (nSPS) is 10.5. The Morgan fingerprint density at radius 3 is 2.53 bits per heavy atom. The fraction of sp³-hybridized carbons (Fsp3) is 0.357. The van der Waals surface area contributed by atoms with Crippen LogP contribution in [0, 0.1) is 0 Å². The van der Waals surface area contributed by atoms with Crippen molar-refractivity contribution in [1.82, 2.24) is 9.78 Å². The molecule has 1 heterocycles. The number of nitrogens with zero attached hydrogens (tertiary/aromatic N) is 2. The van der Waals surface area contributed by atoms with E-state index in [0.717, 1.165) is 36.5 Å². The van der Waals surface area contributed by atoms with Crippen molar-refractivity contribution in [3.05, 3.63) is 36.5 Å². The second-order valence-corrected chi connectivity index (χ2v) is 4.10. The van der Waals surface area contributed by atoms with Crippen LogP contribution in [0.2, 0.25) is 0 Å². The summed E-state index contributed by atoms with van der Waals surface area (Å²) in [7, 11) is 1.92. The molecule has 90 valence electrons. The lowest BCUT2D eigenvalue weighted by atomic mass is 10.1. The number of aryl methyl sites for hydroxylation is 1. The molecule has 0 N–H and O–H groups in total. The zero-order valence-electron chi connectivity index (χ0n) is 10.4. The summed E-state index contributed by atoms with van der Waals surface area (Å²) in [6.07, 6.45) is 4.20. The molecule has 17 heavy (non-hydrogen) atoms. The highest BCUT2D eigenvalue weighted by atomic mass is 16.5. The van der Waals surface area contributed by atoms with Crippen LogP contribution in [-0.4, -0.2) is 16.4 Å². The molecule has 0 spiro atoms. The van der Waals surface area contributed by atoms with Gasteiger partial charge in [0.1, 0.15) is 5.75 Å². The largest absolute Gasteiger partial charge is 0.494 e. The maximum atomic E-state index is 5.62. The minimum Gasteiger partial charge on any atom is -0.494 e. The molecule has 2 rings (SSSR count). The van der Waals surface area contributed by atoms with Crippen molar-refractivity contribution in [2.24, 2.45) is 7.05 Å². The molecule has 0 saturated heterocycles. The molecular formula is C14H18N2O. The minimum absolute atomic E-state index is 0.791. The molecule has 3 nitrogen and oxygen atoms in total. The summed E-state index contributed by atoms with van der Waals surface area (Å²) in [5.74, 6) is 0.929. The van der Waals surface area contributed by atoms with Gasteiger partial charge in [-0.2, -0.15) is 5.10 Å². The van der Waals surface area contributed by atoms with Crippen LogP contribution in [0.4, 0.5) is 0 Å². The summed E-state index contributed by atoms with van der Waals surface area (Å²) in [5.41, 5.74) is 2.11. The number of ether oxygens (including phenoxy) is 1. The van der Waals surface area contributed by atoms with Gasteiger partial charge >= 0.3 is 0 Å². The van der Waals surface area contributed by atoms with Crippen LogP contribution in [0.25, 0.3) is 11.3 Å². The third-order valence-corrected chi connectivity index (χ3v) is 2.63. The molecule has 0 aliphatic rings. The van der Waals surface area contributed by atoms with Crippen LogP contribution in [-0.2, 0) is 7.05 Å². The number of unbranched alkanes of at least 4 members (excludes halogenated alkanes) is 1. The van der Waals surface area contributed by atoms with Gasteiger partial charge in [-0.15, -0.1) is 0 Å². The van der Waals surface area contributed by atoms with E-state index in [4.69, 9.17) is 4.74 Å². The lowest BCUT2D eigenvalue weighted by molar-refractivity contribution is 0.309. The van der Waals surface area contributed by atoms with Crippen molar-refractivity contribution >= 4 is 0 Å². The zero-order valence-corrected chi connectivity index (χ0v) is 10.4. The number of benzene rings is 1. The molecule has 0 aliphatic heterocycles. The summed E-state index contributed by atoms with van der Waals surface area (Å²) in [5, 5.41) is 4.36. The number of aromatic nitrogens is 2. The average molecular weight is 230 g/mol. The first kappa shape index (κ1) is 11.7. The Balaban J connectivity index is 2.02. The van der Waals surface area contributed by atoms with Gasteiger partial charge in [-0.1, -0.05) is 13.3 Å². The standard InChI is InChI=1S/C14H18N2O/c1-3-4-11-17-13-7-5-12(6-8-13)14-9-10-16(2)15-14/h5-10H,3-4,11H2,1-2H3. The van der Waals surface area contributed by atoms with Gasteiger partial charge in [0.05, 0.1) is 12.3 Å². The van der Waals surface area contributed by atoms with Gasteiger partial charge in [-0.3, -0.25) is 4.68 Å². The summed E-state index contributed by atoms with van der Waals surface area (Å²) in [6.45, 7) is 2.95. The van der Waals surface area contributed by atoms with E-state index in [1.165, 1.54) is 0 Å². The van der Waals surface area contributed by atoms with E-state index in [-0.39, 0.29) is 0 Å². The highest BCUT2D eigenvalue weighted by molar-refractivity contribution is 5.59. The summed E-state index contributed by atoms with van der Waals surface area (Å²) < 4.78 is 7.42. The SMILES string of the molecule is CCCCOc1ccc(-c2ccn(C)n2)cc1. The Hall–Kier alpha value is -1.77. The zero-order chi connectivity index (χ0) is 12.1. The second kappa shape index (κ2) is 5.53. The molecule has 0 aliphatic carbocycles. The molecular weight excluding hydrogens is 212 g/mol. The van der Waals surface area contributed by atoms with E-state index < -0.39 is 0 Å². The Kier molecular flexibility index (Phi) is 3.81. The van der Waals surface area contributed by atoms with Crippen LogP contribution in [0.1, 0.15) is 19.8 Å². The van der Waals surface area contributed by atoms with Gasteiger partial charge < -0.3 is 4.74 Å². The molecule has 1 aromatic carbocycles. The highest BCUT2D eigenvalue weighted by Gasteiger charge is 2.01. The van der Waals surface area contributed by atoms with Crippen LogP contribution in [0.15, 0.2) is 36.5 Å². The Labute approximate surface area is 102 Å². The second-order valence-electron chi connectivity index (χ2n) is 4.10. The fourth-order valence-electron chi connectivity index (χ4n) is 1.63. The molecule has 0 unspecified atom stereocenters. The Morgan fingerprint density at radius 1 is 1.18 bits per heavy atom. The third-order valence-electron chi connectivity index (χ3n) is 2.63. The predicted molar refractivity (Wildman–Crippen MR) is 69.0 cm³/mol. The van der Waals surface area contributed by atoms with Gasteiger partial charge in [0.15, 0.2) is 0 Å². The minimum atomic E-state index is 0.791. The van der Waals surface area contributed by atoms with Gasteiger partial charge in [0.2, 0.25) is 0 Å². The first-order chi connectivity index (χ1) is 8.29. The molecule has 0 fully saturated rings. The lowest BCUT2D eigenvalue weighted by Gasteiger charge is -2.05. The fourth-order valence-corrected chi connectivity index (χ4v) is 1.63. The molecule has 2 aromatic rings. The summed E-state index contributed by atoms with van der Waals surface area (Å²) in [4.78, 5) is 0. The molecule has 3 heteroatoms. The lowest BCUT2D eigenvalue weighted by Crippen LogP contribution is -1.96. The van der Waals surface area contributed by atoms with Crippen LogP contribution in [0.3, 0.4) is 0 Å². The molecule has 0 bridgehead atoms. The van der Waals surface area contributed by atoms with Crippen LogP contribution in [0.5, 0.6) is 5.75 Å². The first-order valence-corrected chi connectivity index (χ1v) is 6.02. The maximum absolute atomic E-state index is 5.62. The van der Waals surface area contributed by atoms with Crippen LogP contribution >= 0.6 is 0 Å². The van der Waals surface area contributed by atoms with Gasteiger partial charge in [-0.05, 0) is 36.8 Å². The highest BCUT2D eigenvalue weighted by Crippen LogP contribution is 2.20. The van der Waals surface area contributed by atoms with E-state index in [1.54, 1.807) is 4.68 Å². The van der Waals surface area contributed by atoms with Crippen molar-refractivity contribution in [3.8, 4) is 17.0 Å². The summed E-state index contributed by atoms with van der Waals surface area (Å²) >= 11 is 0. The van der Waals surface area contributed by atoms with Gasteiger partial charge in [-0.25, -0.2) is 0 Å². The van der Waals surface area contributed by atoms with Crippen molar-refractivity contribution in [2.45, 2.75) is 19.8 Å². The maximum Gasteiger partial charge on any atom is 0.119 e. The summed E-state index contributed by atoms with van der Waals surface area (Å²) in [6, 6.07) is 10.1. The van der Waals surface area contributed by atoms with Crippen molar-refractivity contribution in [2.75, 3.05) is 6.61 Å². The topological polar surface area (TPSA) is 27.1 Å². The number of hydrogen-bond acceptors (Lipinski definition) is 2. The average Bonchev–Trinajstić information content (AvgIpc) is 2.77. The predicted octanol–water partition coefficient (Wildman–Crippen LogP) is 3.27. The molecule has 0 amide bonds. The first-order valence-electron chi connectivity index (χ1n) is 6.02. The monoisotopic (exact) mass is 230 g/mol. The number of rotatable bonds is 5. The van der Waals surface area contributed by atoms with Crippen molar-refractivity contribution in [3.63, 3.8) is 0 Å². The van der Waals surface area contributed by atoms with E-state index in [1.807, 2.05) is 43.6 Å².